The van der Waals surface area contributed by atoms with E-state index in [1.54, 1.807) is 29.2 Å². The molecule has 7 nitrogen and oxygen atoms in total. The minimum Gasteiger partial charge on any atom is -0.340 e. The van der Waals surface area contributed by atoms with Gasteiger partial charge in [-0.3, -0.25) is 14.6 Å². The van der Waals surface area contributed by atoms with Crippen LogP contribution in [0.25, 0.3) is 0 Å². The van der Waals surface area contributed by atoms with Crippen molar-refractivity contribution >= 4 is 11.8 Å². The van der Waals surface area contributed by atoms with Crippen molar-refractivity contribution in [2.45, 2.75) is 52.0 Å². The zero-order chi connectivity index (χ0) is 20.8. The van der Waals surface area contributed by atoms with Crippen LogP contribution < -0.4 is 0 Å². The van der Waals surface area contributed by atoms with E-state index in [2.05, 4.69) is 16.9 Å². The van der Waals surface area contributed by atoms with Crippen molar-refractivity contribution < 1.29 is 9.59 Å². The summed E-state index contributed by atoms with van der Waals surface area (Å²) in [6, 6.07) is 3.91. The smallest absolute Gasteiger partial charge is 0.289 e. The second kappa shape index (κ2) is 9.67. The number of rotatable bonds is 8. The van der Waals surface area contributed by atoms with Crippen LogP contribution in [0.2, 0.25) is 0 Å². The normalized spacial score (nSPS) is 13.1. The van der Waals surface area contributed by atoms with Crippen LogP contribution in [0.5, 0.6) is 0 Å². The Morgan fingerprint density at radius 3 is 2.52 bits per heavy atom. The maximum absolute atomic E-state index is 13.1. The number of carbonyl (C=O) groups is 2. The number of hydrogen-bond donors (Lipinski definition) is 0. The summed E-state index contributed by atoms with van der Waals surface area (Å²) in [5, 5.41) is 0. The zero-order valence-corrected chi connectivity index (χ0v) is 17.7. The van der Waals surface area contributed by atoms with Crippen LogP contribution in [-0.4, -0.2) is 63.3 Å². The molecule has 0 N–H and O–H groups in total. The Kier molecular flexibility index (Phi) is 7.01. The highest BCUT2D eigenvalue weighted by molar-refractivity contribution is 5.97. The largest absolute Gasteiger partial charge is 0.340 e. The minimum atomic E-state index is -0.127. The first-order valence-electron chi connectivity index (χ1n) is 10.5. The van der Waals surface area contributed by atoms with Crippen molar-refractivity contribution in [2.75, 3.05) is 27.2 Å². The molecule has 0 atom stereocenters. The molecule has 0 fully saturated rings. The van der Waals surface area contributed by atoms with Crippen LogP contribution in [-0.2, 0) is 19.4 Å². The van der Waals surface area contributed by atoms with E-state index in [0.717, 1.165) is 56.3 Å². The molecule has 0 saturated heterocycles. The quantitative estimate of drug-likeness (QED) is 0.687. The highest BCUT2D eigenvalue weighted by Crippen LogP contribution is 2.23. The summed E-state index contributed by atoms with van der Waals surface area (Å²) in [7, 11) is 3.61. The van der Waals surface area contributed by atoms with E-state index in [1.807, 2.05) is 23.7 Å². The van der Waals surface area contributed by atoms with E-state index < -0.39 is 0 Å². The molecule has 2 amide bonds. The number of unbranched alkanes of at least 4 members (excludes halogenated alkanes) is 1. The Morgan fingerprint density at radius 1 is 1.07 bits per heavy atom. The van der Waals surface area contributed by atoms with Crippen LogP contribution in [0.4, 0.5) is 0 Å². The lowest BCUT2D eigenvalue weighted by atomic mass is 10.1. The molecule has 0 radical (unpaired) electrons. The Hall–Kier alpha value is -2.70. The van der Waals surface area contributed by atoms with Gasteiger partial charge in [0.25, 0.3) is 11.8 Å². The Labute approximate surface area is 172 Å². The summed E-state index contributed by atoms with van der Waals surface area (Å²) < 4.78 is 1.97. The summed E-state index contributed by atoms with van der Waals surface area (Å²) in [4.78, 5) is 38.1. The van der Waals surface area contributed by atoms with Crippen molar-refractivity contribution in [2.24, 2.45) is 0 Å². The lowest BCUT2D eigenvalue weighted by Crippen LogP contribution is -2.32. The fraction of sp³-hybridized carbons (Fsp3) is 0.545. The predicted molar refractivity (Wildman–Crippen MR) is 112 cm³/mol. The second-order valence-corrected chi connectivity index (χ2v) is 7.75. The SMILES string of the molecule is CCCCN(C)C(=O)c1nc(C(=O)N(C)CCc2ccncc2)n2c1CCCC2. The highest BCUT2D eigenvalue weighted by Gasteiger charge is 2.30. The third kappa shape index (κ3) is 4.83. The molecule has 0 aliphatic carbocycles. The number of hydrogen-bond acceptors (Lipinski definition) is 4. The van der Waals surface area contributed by atoms with E-state index in [0.29, 0.717) is 24.6 Å². The van der Waals surface area contributed by atoms with Gasteiger partial charge in [0.05, 0.1) is 5.69 Å². The van der Waals surface area contributed by atoms with Gasteiger partial charge in [-0.2, -0.15) is 0 Å². The van der Waals surface area contributed by atoms with E-state index in [9.17, 15) is 9.59 Å². The number of likely N-dealkylation sites (N-methyl/N-ethyl adjacent to an activating group) is 1. The summed E-state index contributed by atoms with van der Waals surface area (Å²) in [6.45, 7) is 4.14. The fourth-order valence-corrected chi connectivity index (χ4v) is 3.67. The van der Waals surface area contributed by atoms with Gasteiger partial charge in [-0.05, 0) is 49.8 Å². The van der Waals surface area contributed by atoms with E-state index in [4.69, 9.17) is 0 Å². The van der Waals surface area contributed by atoms with Gasteiger partial charge in [-0.1, -0.05) is 13.3 Å². The van der Waals surface area contributed by atoms with E-state index >= 15 is 0 Å². The molecule has 1 aliphatic heterocycles. The molecule has 7 heteroatoms. The molecule has 29 heavy (non-hydrogen) atoms. The van der Waals surface area contributed by atoms with Crippen molar-refractivity contribution in [1.29, 1.82) is 0 Å². The molecule has 0 saturated carbocycles. The number of fused-ring (bicyclic) bond motifs is 1. The monoisotopic (exact) mass is 397 g/mol. The number of pyridine rings is 1. The third-order valence-corrected chi connectivity index (χ3v) is 5.54. The molecule has 2 aromatic heterocycles. The lowest BCUT2D eigenvalue weighted by Gasteiger charge is -2.21. The minimum absolute atomic E-state index is 0.0809. The maximum atomic E-state index is 13.1. The highest BCUT2D eigenvalue weighted by atomic mass is 16.2. The van der Waals surface area contributed by atoms with Crippen molar-refractivity contribution in [3.8, 4) is 0 Å². The molecule has 0 aromatic carbocycles. The topological polar surface area (TPSA) is 71.3 Å². The molecule has 0 bridgehead atoms. The van der Waals surface area contributed by atoms with E-state index in [-0.39, 0.29) is 11.8 Å². The number of imidazole rings is 1. The molecule has 0 spiro atoms. The molecular formula is C22H31N5O2. The molecule has 0 unspecified atom stereocenters. The third-order valence-electron chi connectivity index (χ3n) is 5.54. The summed E-state index contributed by atoms with van der Waals surface area (Å²) in [6.07, 6.45) is 9.09. The van der Waals surface area contributed by atoms with Crippen LogP contribution in [0.1, 0.15) is 65.0 Å². The Morgan fingerprint density at radius 2 is 1.79 bits per heavy atom. The average molecular weight is 398 g/mol. The van der Waals surface area contributed by atoms with Gasteiger partial charge in [0.1, 0.15) is 5.69 Å². The number of carbonyl (C=O) groups excluding carboxylic acids is 2. The summed E-state index contributed by atoms with van der Waals surface area (Å²) in [5.41, 5.74) is 2.50. The predicted octanol–water partition coefficient (Wildman–Crippen LogP) is 2.80. The summed E-state index contributed by atoms with van der Waals surface area (Å²) >= 11 is 0. The Bertz CT molecular complexity index is 846. The summed E-state index contributed by atoms with van der Waals surface area (Å²) in [5.74, 6) is 0.184. The lowest BCUT2D eigenvalue weighted by molar-refractivity contribution is 0.0778. The zero-order valence-electron chi connectivity index (χ0n) is 17.7. The maximum Gasteiger partial charge on any atom is 0.289 e. The molecular weight excluding hydrogens is 366 g/mol. The second-order valence-electron chi connectivity index (χ2n) is 7.75. The van der Waals surface area contributed by atoms with Gasteiger partial charge in [0.15, 0.2) is 5.82 Å². The Balaban J connectivity index is 1.78. The van der Waals surface area contributed by atoms with Gasteiger partial charge >= 0.3 is 0 Å². The fourth-order valence-electron chi connectivity index (χ4n) is 3.67. The first kappa shape index (κ1) is 21.0. The first-order chi connectivity index (χ1) is 14.0. The van der Waals surface area contributed by atoms with Crippen molar-refractivity contribution in [3.05, 3.63) is 47.3 Å². The standard InChI is InChI=1S/C22H31N5O2/c1-4-5-14-25(2)21(28)19-18-8-6-7-15-27(18)20(24-19)22(29)26(3)16-11-17-9-12-23-13-10-17/h9-10,12-13H,4-8,11,14-16H2,1-3H3. The van der Waals surface area contributed by atoms with Crippen molar-refractivity contribution in [1.82, 2.24) is 24.3 Å². The van der Waals surface area contributed by atoms with Crippen LogP contribution >= 0.6 is 0 Å². The van der Waals surface area contributed by atoms with Gasteiger partial charge in [-0.15, -0.1) is 0 Å². The van der Waals surface area contributed by atoms with Crippen molar-refractivity contribution in [3.63, 3.8) is 0 Å². The van der Waals surface area contributed by atoms with Crippen LogP contribution in [0, 0.1) is 0 Å². The number of amides is 2. The van der Waals surface area contributed by atoms with Crippen LogP contribution in [0.3, 0.4) is 0 Å². The van der Waals surface area contributed by atoms with Gasteiger partial charge < -0.3 is 14.4 Å². The van der Waals surface area contributed by atoms with Crippen LogP contribution in [0.15, 0.2) is 24.5 Å². The van der Waals surface area contributed by atoms with E-state index in [1.165, 1.54) is 0 Å². The molecule has 3 rings (SSSR count). The number of aromatic nitrogens is 3. The molecule has 156 valence electrons. The van der Waals surface area contributed by atoms with Gasteiger partial charge in [0, 0.05) is 46.1 Å². The molecule has 1 aliphatic rings. The van der Waals surface area contributed by atoms with Gasteiger partial charge in [0.2, 0.25) is 0 Å². The number of nitrogens with zero attached hydrogens (tertiary/aromatic N) is 5. The molecule has 3 heterocycles. The van der Waals surface area contributed by atoms with Gasteiger partial charge in [-0.25, -0.2) is 4.98 Å². The average Bonchev–Trinajstić information content (AvgIpc) is 3.15. The first-order valence-corrected chi connectivity index (χ1v) is 10.5. The molecule has 2 aromatic rings.